The van der Waals surface area contributed by atoms with Crippen molar-refractivity contribution >= 4 is 103 Å². The molecule has 9 nitrogen and oxygen atoms in total. The topological polar surface area (TPSA) is 115 Å². The van der Waals surface area contributed by atoms with Gasteiger partial charge in [0.2, 0.25) is 18.7 Å². The van der Waals surface area contributed by atoms with Crippen molar-refractivity contribution in [2.24, 2.45) is 0 Å². The summed E-state index contributed by atoms with van der Waals surface area (Å²) in [5.41, 5.74) is 7.39. The molecule has 0 fully saturated rings. The molecule has 0 unspecified atom stereocenters. The Bertz CT molecular complexity index is 2040. The van der Waals surface area contributed by atoms with E-state index in [0.29, 0.717) is 16.7 Å². The molecule has 0 saturated heterocycles. The number of cyclic esters (lactones) is 3. The van der Waals surface area contributed by atoms with Gasteiger partial charge in [-0.1, -0.05) is 54.6 Å². The molecule has 0 amide bonds. The van der Waals surface area contributed by atoms with Crippen LogP contribution in [0, 0.1) is 10.7 Å². The highest BCUT2D eigenvalue weighted by Gasteiger charge is 2.32. The Morgan fingerprint density at radius 1 is 0.352 bits per heavy atom. The number of nitrogens with one attached hydrogen (secondary N) is 3. The molecule has 270 valence electrons. The van der Waals surface area contributed by atoms with Gasteiger partial charge in [0.05, 0.1) is 16.7 Å². The maximum atomic E-state index is 11.7. The molecule has 3 heterocycles. The molecule has 6 aromatic carbocycles. The zero-order chi connectivity index (χ0) is 37.6. The molecule has 6 aromatic rings. The number of esters is 3. The van der Waals surface area contributed by atoms with Gasteiger partial charge in [-0.3, -0.25) is 0 Å². The van der Waals surface area contributed by atoms with Crippen LogP contribution in [0.5, 0.6) is 0 Å². The van der Waals surface area contributed by atoms with Crippen LogP contribution in [0.25, 0.3) is 0 Å². The molecule has 0 saturated carbocycles. The Hall–Kier alpha value is -4.68. The van der Waals surface area contributed by atoms with Crippen molar-refractivity contribution in [3.8, 4) is 0 Å². The van der Waals surface area contributed by atoms with Crippen molar-refractivity contribution in [2.75, 3.05) is 16.0 Å². The first-order valence-corrected chi connectivity index (χ1v) is 19.9. The van der Waals surface area contributed by atoms with Gasteiger partial charge in [0.15, 0.2) is 0 Å². The molecular weight excluding hydrogens is 1020 g/mol. The number of ether oxygens (including phenoxy) is 3. The van der Waals surface area contributed by atoms with Crippen molar-refractivity contribution in [3.63, 3.8) is 0 Å². The quantitative estimate of drug-likeness (QED) is 0.0852. The lowest BCUT2D eigenvalue weighted by Gasteiger charge is -2.14. The Morgan fingerprint density at radius 3 is 0.852 bits per heavy atom. The van der Waals surface area contributed by atoms with E-state index < -0.39 is 18.7 Å². The van der Waals surface area contributed by atoms with Crippen molar-refractivity contribution < 1.29 is 28.6 Å². The minimum Gasteiger partial charge on any atom is -0.434 e. The Kier molecular flexibility index (Phi) is 12.0. The van der Waals surface area contributed by atoms with E-state index in [4.69, 9.17) is 14.2 Å². The van der Waals surface area contributed by atoms with Gasteiger partial charge in [0.25, 0.3) is 0 Å². The van der Waals surface area contributed by atoms with Crippen LogP contribution in [-0.4, -0.2) is 17.9 Å². The van der Waals surface area contributed by atoms with E-state index in [1.165, 1.54) is 10.7 Å². The predicted octanol–water partition coefficient (Wildman–Crippen LogP) is 10.7. The first-order chi connectivity index (χ1) is 26.2. The number of benzene rings is 6. The lowest BCUT2D eigenvalue weighted by Crippen LogP contribution is -2.10. The maximum absolute atomic E-state index is 11.7. The molecule has 9 rings (SSSR count). The second-order valence-corrected chi connectivity index (χ2v) is 15.8. The molecule has 0 spiro atoms. The van der Waals surface area contributed by atoms with Crippen LogP contribution in [-0.2, 0) is 14.2 Å². The highest BCUT2D eigenvalue weighted by molar-refractivity contribution is 14.1. The van der Waals surface area contributed by atoms with Gasteiger partial charge in [-0.05, 0) is 159 Å². The normalized spacial score (nSPS) is 17.2. The van der Waals surface area contributed by atoms with Gasteiger partial charge in [0.1, 0.15) is 0 Å². The third kappa shape index (κ3) is 8.98. The summed E-state index contributed by atoms with van der Waals surface area (Å²) in [6.45, 7) is 0. The first-order valence-electron chi connectivity index (χ1n) is 16.7. The van der Waals surface area contributed by atoms with Gasteiger partial charge in [-0.25, -0.2) is 14.4 Å². The van der Waals surface area contributed by atoms with Gasteiger partial charge < -0.3 is 30.2 Å². The summed E-state index contributed by atoms with van der Waals surface area (Å²) in [7, 11) is 0. The molecule has 54 heavy (non-hydrogen) atoms. The zero-order valence-electron chi connectivity index (χ0n) is 28.2. The standard InChI is InChI=1S/3C14H10INO2/c3*15-9-5-7-10(8-6-9)16-13-11-3-1-2-4-12(11)14(17)18-13/h3*1-8,13,16H/t3*13-/m100/s1. The molecule has 0 bridgehead atoms. The number of hydrogen-bond donors (Lipinski definition) is 3. The van der Waals surface area contributed by atoms with Gasteiger partial charge >= 0.3 is 17.9 Å². The average Bonchev–Trinajstić information content (AvgIpc) is 3.81. The van der Waals surface area contributed by atoms with E-state index in [0.717, 1.165) is 33.8 Å². The summed E-state index contributed by atoms with van der Waals surface area (Å²) >= 11 is 6.75. The summed E-state index contributed by atoms with van der Waals surface area (Å²) in [6, 6.07) is 46.2. The smallest absolute Gasteiger partial charge is 0.340 e. The van der Waals surface area contributed by atoms with E-state index in [2.05, 4.69) is 83.7 Å². The maximum Gasteiger partial charge on any atom is 0.340 e. The van der Waals surface area contributed by atoms with Crippen molar-refractivity contribution in [3.05, 3.63) is 190 Å². The summed E-state index contributed by atoms with van der Waals surface area (Å²) in [5, 5.41) is 9.62. The van der Waals surface area contributed by atoms with E-state index in [9.17, 15) is 14.4 Å². The van der Waals surface area contributed by atoms with Crippen LogP contribution < -0.4 is 16.0 Å². The molecule has 0 aliphatic carbocycles. The summed E-state index contributed by atoms with van der Waals surface area (Å²) in [4.78, 5) is 35.0. The van der Waals surface area contributed by atoms with Crippen LogP contribution in [0.2, 0.25) is 0 Å². The highest BCUT2D eigenvalue weighted by atomic mass is 127. The minimum absolute atomic E-state index is 0.270. The Morgan fingerprint density at radius 2 is 0.593 bits per heavy atom. The summed E-state index contributed by atoms with van der Waals surface area (Å²) in [5.74, 6) is -0.809. The van der Waals surface area contributed by atoms with E-state index in [1.807, 2.05) is 127 Å². The second-order valence-electron chi connectivity index (χ2n) is 12.1. The first kappa shape index (κ1) is 37.6. The Balaban J connectivity index is 0.000000125. The van der Waals surface area contributed by atoms with Gasteiger partial charge in [-0.15, -0.1) is 0 Å². The van der Waals surface area contributed by atoms with Gasteiger partial charge in [0, 0.05) is 44.5 Å². The second kappa shape index (κ2) is 17.2. The summed E-state index contributed by atoms with van der Waals surface area (Å²) < 4.78 is 19.4. The van der Waals surface area contributed by atoms with Crippen LogP contribution in [0.4, 0.5) is 17.1 Å². The highest BCUT2D eigenvalue weighted by Crippen LogP contribution is 2.34. The molecule has 0 aromatic heterocycles. The van der Waals surface area contributed by atoms with Crippen LogP contribution in [0.15, 0.2) is 146 Å². The van der Waals surface area contributed by atoms with Crippen LogP contribution in [0.3, 0.4) is 0 Å². The average molecular weight is 1050 g/mol. The Labute approximate surface area is 352 Å². The van der Waals surface area contributed by atoms with Gasteiger partial charge in [-0.2, -0.15) is 0 Å². The minimum atomic E-state index is -0.395. The van der Waals surface area contributed by atoms with Crippen LogP contribution >= 0.6 is 67.8 Å². The lowest BCUT2D eigenvalue weighted by molar-refractivity contribution is 0.0427. The molecule has 0 radical (unpaired) electrons. The van der Waals surface area contributed by atoms with E-state index in [-0.39, 0.29) is 17.9 Å². The lowest BCUT2D eigenvalue weighted by atomic mass is 10.1. The fourth-order valence-electron chi connectivity index (χ4n) is 5.85. The third-order valence-corrected chi connectivity index (χ3v) is 10.6. The number of carbonyl (C=O) groups excluding carboxylic acids is 3. The number of rotatable bonds is 6. The molecule has 12 heteroatoms. The number of hydrogen-bond acceptors (Lipinski definition) is 9. The van der Waals surface area contributed by atoms with Crippen LogP contribution in [0.1, 0.15) is 66.4 Å². The molecular formula is C42H30I3N3O6. The number of fused-ring (bicyclic) bond motifs is 3. The van der Waals surface area contributed by atoms with Crippen molar-refractivity contribution in [1.29, 1.82) is 0 Å². The van der Waals surface area contributed by atoms with Crippen molar-refractivity contribution in [2.45, 2.75) is 18.7 Å². The molecule has 3 aliphatic rings. The number of anilines is 3. The van der Waals surface area contributed by atoms with Crippen molar-refractivity contribution in [1.82, 2.24) is 0 Å². The zero-order valence-corrected chi connectivity index (χ0v) is 34.6. The molecule has 3 aliphatic heterocycles. The third-order valence-electron chi connectivity index (χ3n) is 8.49. The number of carbonyl (C=O) groups is 3. The number of halogens is 3. The van der Waals surface area contributed by atoms with E-state index >= 15 is 0 Å². The van der Waals surface area contributed by atoms with E-state index in [1.54, 1.807) is 18.2 Å². The SMILES string of the molecule is O=C1O[C@@H](Nc2ccc(I)cc2)c2ccccc21.O=C1O[C@H](Nc2ccc(I)cc2)c2ccccc21.O=C1O[C@H](Nc2ccc(I)cc2)c2ccccc21. The monoisotopic (exact) mass is 1050 g/mol. The predicted molar refractivity (Wildman–Crippen MR) is 232 cm³/mol. The fourth-order valence-corrected chi connectivity index (χ4v) is 6.93. The fraction of sp³-hybridized carbons (Fsp3) is 0.0714. The summed E-state index contributed by atoms with van der Waals surface area (Å²) in [6.07, 6.45) is -1.18. The molecule has 3 atom stereocenters. The molecule has 3 N–H and O–H groups in total. The largest absolute Gasteiger partial charge is 0.434 e.